The number of aliphatic imine (C=N–C) groups is 1. The summed E-state index contributed by atoms with van der Waals surface area (Å²) in [5.74, 6) is 2.14. The van der Waals surface area contributed by atoms with Gasteiger partial charge in [-0.1, -0.05) is 6.07 Å². The van der Waals surface area contributed by atoms with Crippen LogP contribution < -0.4 is 15.2 Å². The molecule has 2 aromatic carbocycles. The van der Waals surface area contributed by atoms with Crippen LogP contribution in [0.3, 0.4) is 0 Å². The van der Waals surface area contributed by atoms with Crippen molar-refractivity contribution in [2.45, 2.75) is 18.6 Å². The lowest BCUT2D eigenvalue weighted by Gasteiger charge is -2.37. The summed E-state index contributed by atoms with van der Waals surface area (Å²) in [6.45, 7) is 1.96. The molecular weight excluding hydrogens is 356 g/mol. The quantitative estimate of drug-likeness (QED) is 0.740. The van der Waals surface area contributed by atoms with Crippen LogP contribution in [0, 0.1) is 0 Å². The minimum Gasteiger partial charge on any atom is -0.497 e. The first kappa shape index (κ1) is 16.6. The van der Waals surface area contributed by atoms with Crippen LogP contribution in [0.2, 0.25) is 0 Å². The van der Waals surface area contributed by atoms with E-state index in [2.05, 4.69) is 9.97 Å². The fraction of sp³-hybridized carbons (Fsp3) is 0.190. The van der Waals surface area contributed by atoms with E-state index in [9.17, 15) is 0 Å². The second-order valence-corrected chi connectivity index (χ2v) is 6.78. The van der Waals surface area contributed by atoms with Gasteiger partial charge >= 0.3 is 0 Å². The molecule has 7 nitrogen and oxygen atoms in total. The summed E-state index contributed by atoms with van der Waals surface area (Å²) < 4.78 is 17.4. The second kappa shape index (κ2) is 5.95. The summed E-state index contributed by atoms with van der Waals surface area (Å²) in [6, 6.07) is 11.8. The lowest BCUT2D eigenvalue weighted by molar-refractivity contribution is 0.166. The van der Waals surface area contributed by atoms with E-state index in [0.717, 1.165) is 22.3 Å². The molecule has 2 aliphatic rings. The number of methoxy groups -OCH3 is 1. The SMILES string of the molecule is COc1ccc2c(c1)[C@@]1(N=C(N)O[C@@H]1C)c1cc(-c3cncnc3)ccc1O2. The number of amidine groups is 1. The largest absolute Gasteiger partial charge is 0.497 e. The molecule has 2 N–H and O–H groups in total. The third kappa shape index (κ3) is 2.26. The molecule has 2 aliphatic heterocycles. The van der Waals surface area contributed by atoms with Gasteiger partial charge in [0.1, 0.15) is 29.7 Å². The number of nitrogens with two attached hydrogens (primary N) is 1. The van der Waals surface area contributed by atoms with Crippen LogP contribution in [0.4, 0.5) is 0 Å². The third-order valence-corrected chi connectivity index (χ3v) is 5.27. The number of rotatable bonds is 2. The van der Waals surface area contributed by atoms with Crippen LogP contribution in [0.15, 0.2) is 60.1 Å². The normalized spacial score (nSPS) is 21.9. The van der Waals surface area contributed by atoms with Gasteiger partial charge in [0, 0.05) is 29.1 Å². The zero-order valence-corrected chi connectivity index (χ0v) is 15.4. The molecule has 0 unspecified atom stereocenters. The standard InChI is InChI=1S/C21H18N4O3/c1-12-21(25-20(22)27-12)16-7-13(14-9-23-11-24-10-14)3-5-18(16)28-19-6-4-15(26-2)8-17(19)21/h3-12H,1-2H3,(H2,22,25)/t12-,21+/m1/s1. The first-order chi connectivity index (χ1) is 13.6. The monoisotopic (exact) mass is 374 g/mol. The van der Waals surface area contributed by atoms with Crippen molar-refractivity contribution in [2.75, 3.05) is 7.11 Å². The molecule has 0 radical (unpaired) electrons. The van der Waals surface area contributed by atoms with E-state index in [0.29, 0.717) is 17.2 Å². The highest BCUT2D eigenvalue weighted by atomic mass is 16.5. The summed E-state index contributed by atoms with van der Waals surface area (Å²) in [5, 5.41) is 0. The van der Waals surface area contributed by atoms with Crippen molar-refractivity contribution >= 4 is 6.02 Å². The Balaban J connectivity index is 1.78. The van der Waals surface area contributed by atoms with Crippen LogP contribution in [-0.2, 0) is 10.3 Å². The molecule has 0 fully saturated rings. The van der Waals surface area contributed by atoms with E-state index in [4.69, 9.17) is 24.9 Å². The van der Waals surface area contributed by atoms with Gasteiger partial charge in [-0.3, -0.25) is 0 Å². The van der Waals surface area contributed by atoms with Crippen molar-refractivity contribution in [2.24, 2.45) is 10.7 Å². The van der Waals surface area contributed by atoms with Gasteiger partial charge in [0.2, 0.25) is 0 Å². The average Bonchev–Trinajstić information content (AvgIpc) is 3.03. The summed E-state index contributed by atoms with van der Waals surface area (Å²) in [5.41, 5.74) is 8.77. The van der Waals surface area contributed by atoms with Gasteiger partial charge in [-0.25, -0.2) is 15.0 Å². The topological polar surface area (TPSA) is 91.9 Å². The number of fused-ring (bicyclic) bond motifs is 4. The summed E-state index contributed by atoms with van der Waals surface area (Å²) in [6.07, 6.45) is 4.73. The van der Waals surface area contributed by atoms with Gasteiger partial charge in [-0.15, -0.1) is 0 Å². The fourth-order valence-corrected chi connectivity index (χ4v) is 3.95. The van der Waals surface area contributed by atoms with Crippen molar-refractivity contribution in [3.05, 3.63) is 66.2 Å². The van der Waals surface area contributed by atoms with Gasteiger partial charge < -0.3 is 19.9 Å². The van der Waals surface area contributed by atoms with Crippen molar-refractivity contribution in [1.82, 2.24) is 9.97 Å². The van der Waals surface area contributed by atoms with Gasteiger partial charge in [-0.05, 0) is 42.8 Å². The Morgan fingerprint density at radius 3 is 2.39 bits per heavy atom. The molecule has 0 saturated carbocycles. The number of hydrogen-bond acceptors (Lipinski definition) is 7. The Hall–Kier alpha value is -3.61. The highest BCUT2D eigenvalue weighted by molar-refractivity contribution is 5.78. The Morgan fingerprint density at radius 2 is 1.71 bits per heavy atom. The zero-order chi connectivity index (χ0) is 19.3. The number of hydrogen-bond donors (Lipinski definition) is 1. The van der Waals surface area contributed by atoms with Crippen molar-refractivity contribution in [3.63, 3.8) is 0 Å². The highest BCUT2D eigenvalue weighted by Crippen LogP contribution is 2.54. The maximum absolute atomic E-state index is 6.19. The number of ether oxygens (including phenoxy) is 3. The minimum atomic E-state index is -0.826. The van der Waals surface area contributed by atoms with Crippen molar-refractivity contribution < 1.29 is 14.2 Å². The Labute approximate surface area is 161 Å². The van der Waals surface area contributed by atoms with E-state index in [1.54, 1.807) is 19.5 Å². The number of aromatic nitrogens is 2. The molecule has 1 spiro atoms. The van der Waals surface area contributed by atoms with Gasteiger partial charge in [0.25, 0.3) is 6.02 Å². The van der Waals surface area contributed by atoms with Crippen molar-refractivity contribution in [1.29, 1.82) is 0 Å². The average molecular weight is 374 g/mol. The number of nitrogens with zero attached hydrogens (tertiary/aromatic N) is 3. The molecule has 28 heavy (non-hydrogen) atoms. The predicted octanol–water partition coefficient (Wildman–Crippen LogP) is 3.23. The first-order valence-electron chi connectivity index (χ1n) is 8.90. The van der Waals surface area contributed by atoms with Gasteiger partial charge in [0.15, 0.2) is 5.54 Å². The molecule has 2 atom stereocenters. The van der Waals surface area contributed by atoms with Crippen molar-refractivity contribution in [3.8, 4) is 28.4 Å². The lowest BCUT2D eigenvalue weighted by atomic mass is 9.76. The Morgan fingerprint density at radius 1 is 1.00 bits per heavy atom. The molecule has 0 bridgehead atoms. The molecule has 140 valence electrons. The Bertz CT molecular complexity index is 1100. The molecule has 3 aromatic rings. The lowest BCUT2D eigenvalue weighted by Crippen LogP contribution is -2.37. The van der Waals surface area contributed by atoms with Crippen LogP contribution in [0.1, 0.15) is 18.1 Å². The van der Waals surface area contributed by atoms with E-state index in [-0.39, 0.29) is 12.1 Å². The molecule has 0 aliphatic carbocycles. The maximum atomic E-state index is 6.19. The second-order valence-electron chi connectivity index (χ2n) is 6.78. The Kier molecular flexibility index (Phi) is 3.52. The number of benzene rings is 2. The predicted molar refractivity (Wildman–Crippen MR) is 103 cm³/mol. The molecule has 1 aromatic heterocycles. The van der Waals surface area contributed by atoms with Crippen LogP contribution in [-0.4, -0.2) is 29.2 Å². The first-order valence-corrected chi connectivity index (χ1v) is 8.90. The summed E-state index contributed by atoms with van der Waals surface area (Å²) >= 11 is 0. The molecule has 0 amide bonds. The van der Waals surface area contributed by atoms with Crippen LogP contribution in [0.25, 0.3) is 11.1 Å². The molecule has 0 saturated heterocycles. The smallest absolute Gasteiger partial charge is 0.283 e. The van der Waals surface area contributed by atoms with Crippen LogP contribution in [0.5, 0.6) is 17.2 Å². The highest BCUT2D eigenvalue weighted by Gasteiger charge is 2.52. The van der Waals surface area contributed by atoms with E-state index in [1.807, 2.05) is 43.3 Å². The van der Waals surface area contributed by atoms with E-state index < -0.39 is 5.54 Å². The van der Waals surface area contributed by atoms with Gasteiger partial charge in [0.05, 0.1) is 7.11 Å². The van der Waals surface area contributed by atoms with Crippen LogP contribution >= 0.6 is 0 Å². The molecule has 7 heteroatoms. The third-order valence-electron chi connectivity index (χ3n) is 5.27. The van der Waals surface area contributed by atoms with E-state index >= 15 is 0 Å². The maximum Gasteiger partial charge on any atom is 0.283 e. The minimum absolute atomic E-state index is 0.155. The van der Waals surface area contributed by atoms with E-state index in [1.165, 1.54) is 6.33 Å². The van der Waals surface area contributed by atoms with Gasteiger partial charge in [-0.2, -0.15) is 0 Å². The fourth-order valence-electron chi connectivity index (χ4n) is 3.95. The summed E-state index contributed by atoms with van der Waals surface area (Å²) in [7, 11) is 1.63. The zero-order valence-electron chi connectivity index (χ0n) is 15.4. The summed E-state index contributed by atoms with van der Waals surface area (Å²) in [4.78, 5) is 13.0. The molecule has 5 rings (SSSR count). The molecular formula is C21H18N4O3. The molecule has 3 heterocycles.